The van der Waals surface area contributed by atoms with Crippen LogP contribution >= 0.6 is 27.3 Å². The molecule has 0 bridgehead atoms. The summed E-state index contributed by atoms with van der Waals surface area (Å²) in [7, 11) is 1.52. The summed E-state index contributed by atoms with van der Waals surface area (Å²) in [5.41, 5.74) is 1.30. The van der Waals surface area contributed by atoms with Gasteiger partial charge in [-0.05, 0) is 22.0 Å². The maximum atomic E-state index is 6.97. The van der Waals surface area contributed by atoms with Gasteiger partial charge in [0.2, 0.25) is 11.6 Å². The molecule has 0 saturated carbocycles. The fourth-order valence-corrected chi connectivity index (χ4v) is 2.63. The van der Waals surface area contributed by atoms with Crippen LogP contribution in [0, 0.1) is 6.57 Å². The van der Waals surface area contributed by atoms with Crippen LogP contribution < -0.4 is 4.74 Å². The molecule has 0 aliphatic carbocycles. The Morgan fingerprint density at radius 3 is 3.07 bits per heavy atom. The van der Waals surface area contributed by atoms with E-state index in [4.69, 9.17) is 11.3 Å². The Morgan fingerprint density at radius 2 is 2.43 bits per heavy atom. The summed E-state index contributed by atoms with van der Waals surface area (Å²) in [4.78, 5) is 7.61. The minimum atomic E-state index is 0.381. The molecule has 70 valence electrons. The molecule has 0 fully saturated rings. The third kappa shape index (κ3) is 1.37. The number of halogens is 1. The van der Waals surface area contributed by atoms with E-state index in [1.165, 1.54) is 7.11 Å². The fourth-order valence-electron chi connectivity index (χ4n) is 1.13. The molecular formula is C9H5BrN2OS. The molecular weight excluding hydrogens is 264 g/mol. The van der Waals surface area contributed by atoms with E-state index in [0.717, 1.165) is 14.7 Å². The highest BCUT2D eigenvalue weighted by Crippen LogP contribution is 2.35. The smallest absolute Gasteiger partial charge is 0.248 e. The highest BCUT2D eigenvalue weighted by Gasteiger charge is 2.10. The van der Waals surface area contributed by atoms with E-state index in [0.29, 0.717) is 11.6 Å². The first-order chi connectivity index (χ1) is 6.76. The number of hydrogen-bond donors (Lipinski definition) is 0. The minimum absolute atomic E-state index is 0.381. The number of hydrogen-bond acceptors (Lipinski definition) is 3. The van der Waals surface area contributed by atoms with E-state index < -0.39 is 0 Å². The van der Waals surface area contributed by atoms with Crippen molar-refractivity contribution >= 4 is 43.2 Å². The Kier molecular flexibility index (Phi) is 2.40. The zero-order valence-electron chi connectivity index (χ0n) is 7.24. The van der Waals surface area contributed by atoms with Crippen molar-refractivity contribution in [2.24, 2.45) is 0 Å². The molecule has 2 aromatic rings. The Hall–Kier alpha value is -1.12. The van der Waals surface area contributed by atoms with Gasteiger partial charge in [0.15, 0.2) is 0 Å². The van der Waals surface area contributed by atoms with E-state index in [1.54, 1.807) is 17.4 Å². The van der Waals surface area contributed by atoms with Crippen molar-refractivity contribution < 1.29 is 4.74 Å². The van der Waals surface area contributed by atoms with Gasteiger partial charge >= 0.3 is 0 Å². The van der Waals surface area contributed by atoms with Gasteiger partial charge in [-0.3, -0.25) is 0 Å². The van der Waals surface area contributed by atoms with Gasteiger partial charge in [0, 0.05) is 10.1 Å². The molecule has 0 radical (unpaired) electrons. The summed E-state index contributed by atoms with van der Waals surface area (Å²) in [5.74, 6) is 0.381. The van der Waals surface area contributed by atoms with Crippen LogP contribution in [0.5, 0.6) is 5.88 Å². The van der Waals surface area contributed by atoms with Crippen molar-refractivity contribution in [2.75, 3.05) is 7.11 Å². The molecule has 0 aliphatic rings. The molecule has 0 N–H and O–H groups in total. The molecule has 0 unspecified atom stereocenters. The summed E-state index contributed by atoms with van der Waals surface area (Å²) in [6.07, 6.45) is 0. The zero-order chi connectivity index (χ0) is 10.1. The van der Waals surface area contributed by atoms with Gasteiger partial charge in [-0.1, -0.05) is 0 Å². The predicted molar refractivity (Wildman–Crippen MR) is 60.1 cm³/mol. The average molecular weight is 269 g/mol. The highest BCUT2D eigenvalue weighted by molar-refractivity contribution is 9.10. The summed E-state index contributed by atoms with van der Waals surface area (Å²) in [6, 6.07) is 1.80. The first kappa shape index (κ1) is 9.44. The largest absolute Gasteiger partial charge is 0.490 e. The predicted octanol–water partition coefficient (Wildman–Crippen LogP) is 3.62. The average Bonchev–Trinajstić information content (AvgIpc) is 2.58. The second kappa shape index (κ2) is 3.56. The third-order valence-electron chi connectivity index (χ3n) is 1.76. The number of rotatable bonds is 1. The van der Waals surface area contributed by atoms with Gasteiger partial charge in [0.25, 0.3) is 0 Å². The van der Waals surface area contributed by atoms with Crippen molar-refractivity contribution in [3.05, 3.63) is 27.3 Å². The van der Waals surface area contributed by atoms with Crippen LogP contribution in [0.4, 0.5) is 5.69 Å². The van der Waals surface area contributed by atoms with Crippen molar-refractivity contribution in [3.63, 3.8) is 0 Å². The molecule has 5 heteroatoms. The second-order valence-corrected chi connectivity index (χ2v) is 4.32. The number of aromatic nitrogens is 1. The molecule has 3 nitrogen and oxygen atoms in total. The quantitative estimate of drug-likeness (QED) is 0.739. The molecule has 0 atom stereocenters. The van der Waals surface area contributed by atoms with Crippen LogP contribution in [0.2, 0.25) is 0 Å². The lowest BCUT2D eigenvalue weighted by atomic mass is 10.3. The molecule has 0 aromatic carbocycles. The lowest BCUT2D eigenvalue weighted by Crippen LogP contribution is -1.87. The van der Waals surface area contributed by atoms with Crippen molar-refractivity contribution in [2.45, 2.75) is 0 Å². The minimum Gasteiger partial charge on any atom is -0.490 e. The van der Waals surface area contributed by atoms with E-state index in [2.05, 4.69) is 25.8 Å². The lowest BCUT2D eigenvalue weighted by molar-refractivity contribution is 0.402. The third-order valence-corrected chi connectivity index (χ3v) is 3.59. The monoisotopic (exact) mass is 268 g/mol. The SMILES string of the molecule is [C-]#[N+]c1cc2scc(Br)c2nc1OC. The Labute approximate surface area is 93.3 Å². The summed E-state index contributed by atoms with van der Waals surface area (Å²) < 4.78 is 6.95. The topological polar surface area (TPSA) is 26.5 Å². The first-order valence-corrected chi connectivity index (χ1v) is 5.42. The molecule has 0 saturated heterocycles. The van der Waals surface area contributed by atoms with Crippen LogP contribution in [0.25, 0.3) is 15.1 Å². The maximum absolute atomic E-state index is 6.97. The Morgan fingerprint density at radius 1 is 1.64 bits per heavy atom. The first-order valence-electron chi connectivity index (χ1n) is 3.75. The van der Waals surface area contributed by atoms with Crippen LogP contribution in [-0.4, -0.2) is 12.1 Å². The molecule has 14 heavy (non-hydrogen) atoms. The maximum Gasteiger partial charge on any atom is 0.248 e. The number of pyridine rings is 1. The van der Waals surface area contributed by atoms with Crippen molar-refractivity contribution in [3.8, 4) is 5.88 Å². The summed E-state index contributed by atoms with van der Waals surface area (Å²) in [5, 5.41) is 1.95. The number of ether oxygens (including phenoxy) is 1. The number of thiophene rings is 1. The van der Waals surface area contributed by atoms with Gasteiger partial charge in [0.1, 0.15) is 0 Å². The molecule has 2 heterocycles. The zero-order valence-corrected chi connectivity index (χ0v) is 9.65. The van der Waals surface area contributed by atoms with Gasteiger partial charge in [-0.2, -0.15) is 0 Å². The molecule has 0 amide bonds. The number of fused-ring (bicyclic) bond motifs is 1. The van der Waals surface area contributed by atoms with Crippen LogP contribution in [0.1, 0.15) is 0 Å². The Bertz CT molecular complexity index is 529. The van der Waals surface area contributed by atoms with Gasteiger partial charge in [0.05, 0.1) is 23.7 Å². The van der Waals surface area contributed by atoms with Gasteiger partial charge in [-0.25, -0.2) is 9.83 Å². The van der Waals surface area contributed by atoms with Gasteiger partial charge < -0.3 is 4.74 Å². The van der Waals surface area contributed by atoms with Crippen LogP contribution in [0.15, 0.2) is 15.9 Å². The molecule has 0 aliphatic heterocycles. The van der Waals surface area contributed by atoms with Crippen LogP contribution in [-0.2, 0) is 0 Å². The second-order valence-electron chi connectivity index (χ2n) is 2.56. The van der Waals surface area contributed by atoms with E-state index in [9.17, 15) is 0 Å². The number of methoxy groups -OCH3 is 1. The summed E-state index contributed by atoms with van der Waals surface area (Å²) >= 11 is 4.95. The van der Waals surface area contributed by atoms with Gasteiger partial charge in [-0.15, -0.1) is 11.3 Å². The van der Waals surface area contributed by atoms with Crippen LogP contribution in [0.3, 0.4) is 0 Å². The van der Waals surface area contributed by atoms with E-state index in [-0.39, 0.29) is 0 Å². The van der Waals surface area contributed by atoms with Crippen molar-refractivity contribution in [1.82, 2.24) is 4.98 Å². The lowest BCUT2D eigenvalue weighted by Gasteiger charge is -2.01. The molecule has 0 spiro atoms. The highest BCUT2D eigenvalue weighted by atomic mass is 79.9. The normalized spacial score (nSPS) is 10.1. The standard InChI is InChI=1S/C9H5BrN2OS/c1-11-6-3-7-8(5(10)4-14-7)12-9(6)13-2/h3-4H,2H3. The van der Waals surface area contributed by atoms with E-state index in [1.807, 2.05) is 5.38 Å². The van der Waals surface area contributed by atoms with E-state index >= 15 is 0 Å². The van der Waals surface area contributed by atoms with Crippen molar-refractivity contribution in [1.29, 1.82) is 0 Å². The summed E-state index contributed by atoms with van der Waals surface area (Å²) in [6.45, 7) is 6.97. The molecule has 2 aromatic heterocycles. The molecule has 2 rings (SSSR count). The fraction of sp³-hybridized carbons (Fsp3) is 0.111. The Balaban J connectivity index is 2.79. The number of nitrogens with zero attached hydrogens (tertiary/aromatic N) is 2.